The summed E-state index contributed by atoms with van der Waals surface area (Å²) in [5.41, 5.74) is 0.419. The standard InChI is InChI=1S/C30H42Cl2N4O5S/c1-29(2,3)17-30(4,5)34-26(38)19-13-18(14-21(31)24(19)41-11-12-42(8,9)10)20-15-36(16-22(37)40-7)25-23(20)27(39)35(6)28(32)33-25/h13-15H,11-12,16-17H2,1-10H3,(H,34,38). The molecule has 1 aromatic carbocycles. The van der Waals surface area contributed by atoms with Crippen molar-refractivity contribution < 1.29 is 19.1 Å². The first-order chi connectivity index (χ1) is 19.2. The summed E-state index contributed by atoms with van der Waals surface area (Å²) >= 11 is 13.0. The lowest BCUT2D eigenvalue weighted by Crippen LogP contribution is -2.46. The van der Waals surface area contributed by atoms with E-state index in [1.165, 1.54) is 23.3 Å². The van der Waals surface area contributed by atoms with Crippen molar-refractivity contribution in [2.24, 2.45) is 12.5 Å². The molecule has 1 amide bonds. The normalized spacial score (nSPS) is 12.9. The number of ether oxygens (including phenoxy) is 2. The second-order valence-corrected chi connectivity index (χ2v) is 18.6. The van der Waals surface area contributed by atoms with Gasteiger partial charge in [0.05, 0.1) is 29.7 Å². The SMILES string of the molecule is COC(=O)Cn1cc(-c2cc(Cl)c(OCCS(C)(C)C)c(C(=O)NC(C)(C)CC(C)(C)C)c2)c2c(=O)n(C)c(Cl)nc21. The number of nitrogens with one attached hydrogen (secondary N) is 1. The average Bonchev–Trinajstić information content (AvgIpc) is 3.18. The van der Waals surface area contributed by atoms with Gasteiger partial charge in [0, 0.05) is 30.1 Å². The first-order valence-corrected chi connectivity index (χ1v) is 17.3. The van der Waals surface area contributed by atoms with Crippen molar-refractivity contribution in [2.45, 2.75) is 53.1 Å². The van der Waals surface area contributed by atoms with Gasteiger partial charge in [0.1, 0.15) is 12.2 Å². The highest BCUT2D eigenvalue weighted by molar-refractivity contribution is 8.32. The maximum Gasteiger partial charge on any atom is 0.325 e. The summed E-state index contributed by atoms with van der Waals surface area (Å²) in [7, 11) is 1.94. The Balaban J connectivity index is 2.23. The second-order valence-electron chi connectivity index (χ2n) is 13.2. The molecule has 0 spiro atoms. The Labute approximate surface area is 259 Å². The van der Waals surface area contributed by atoms with Crippen LogP contribution in [0.4, 0.5) is 0 Å². The maximum atomic E-state index is 13.9. The van der Waals surface area contributed by atoms with Gasteiger partial charge >= 0.3 is 5.97 Å². The average molecular weight is 642 g/mol. The lowest BCUT2D eigenvalue weighted by atomic mass is 9.81. The van der Waals surface area contributed by atoms with Crippen LogP contribution in [0.2, 0.25) is 10.3 Å². The first kappa shape index (κ1) is 33.8. The molecule has 0 aliphatic heterocycles. The van der Waals surface area contributed by atoms with E-state index in [1.54, 1.807) is 18.3 Å². The number of methoxy groups -OCH3 is 1. The van der Waals surface area contributed by atoms with Crippen molar-refractivity contribution >= 4 is 56.1 Å². The molecule has 232 valence electrons. The number of carbonyl (C=O) groups excluding carboxylic acids is 2. The van der Waals surface area contributed by atoms with Crippen molar-refractivity contribution in [3.8, 4) is 16.9 Å². The van der Waals surface area contributed by atoms with Crippen LogP contribution in [-0.2, 0) is 23.1 Å². The Morgan fingerprint density at radius 2 is 1.74 bits per heavy atom. The maximum absolute atomic E-state index is 13.9. The number of halogens is 2. The number of nitrogens with zero attached hydrogens (tertiary/aromatic N) is 3. The molecule has 2 heterocycles. The highest BCUT2D eigenvalue weighted by Crippen LogP contribution is 2.39. The minimum atomic E-state index is -0.851. The number of aromatic nitrogens is 3. The van der Waals surface area contributed by atoms with Crippen LogP contribution >= 0.6 is 33.2 Å². The number of amides is 1. The molecule has 9 nitrogen and oxygen atoms in total. The summed E-state index contributed by atoms with van der Waals surface area (Å²) in [5.74, 6) is 0.227. The fourth-order valence-electron chi connectivity index (χ4n) is 5.04. The third kappa shape index (κ3) is 8.23. The van der Waals surface area contributed by atoms with Crippen LogP contribution in [-0.4, -0.2) is 69.8 Å². The molecule has 0 saturated heterocycles. The Morgan fingerprint density at radius 3 is 2.31 bits per heavy atom. The number of esters is 1. The van der Waals surface area contributed by atoms with E-state index in [0.29, 0.717) is 17.7 Å². The van der Waals surface area contributed by atoms with Crippen LogP contribution in [0.1, 0.15) is 51.4 Å². The van der Waals surface area contributed by atoms with E-state index in [0.717, 1.165) is 12.2 Å². The van der Waals surface area contributed by atoms with Gasteiger partial charge in [-0.05, 0) is 73.7 Å². The van der Waals surface area contributed by atoms with Gasteiger partial charge in [0.25, 0.3) is 11.5 Å². The molecule has 1 N–H and O–H groups in total. The third-order valence-electron chi connectivity index (χ3n) is 6.54. The Morgan fingerprint density at radius 1 is 1.10 bits per heavy atom. The van der Waals surface area contributed by atoms with Gasteiger partial charge in [0.2, 0.25) is 5.28 Å². The number of carbonyl (C=O) groups is 2. The molecule has 0 aliphatic rings. The monoisotopic (exact) mass is 640 g/mol. The number of fused-ring (bicyclic) bond motifs is 1. The molecule has 0 fully saturated rings. The van der Waals surface area contributed by atoms with E-state index >= 15 is 0 Å². The molecule has 3 aromatic rings. The number of hydrogen-bond acceptors (Lipinski definition) is 6. The molecule has 0 atom stereocenters. The quantitative estimate of drug-likeness (QED) is 0.219. The van der Waals surface area contributed by atoms with Gasteiger partial charge in [-0.3, -0.25) is 19.0 Å². The van der Waals surface area contributed by atoms with Crippen LogP contribution in [0.3, 0.4) is 0 Å². The summed E-state index contributed by atoms with van der Waals surface area (Å²) < 4.78 is 13.7. The topological polar surface area (TPSA) is 104 Å². The number of hydrogen-bond donors (Lipinski definition) is 1. The summed E-state index contributed by atoms with van der Waals surface area (Å²) in [6.07, 6.45) is 8.91. The molecule has 0 unspecified atom stereocenters. The van der Waals surface area contributed by atoms with E-state index in [-0.39, 0.29) is 50.5 Å². The minimum absolute atomic E-state index is 0.0269. The fourth-order valence-corrected chi connectivity index (χ4v) is 6.05. The molecule has 12 heteroatoms. The van der Waals surface area contributed by atoms with Gasteiger partial charge in [-0.15, -0.1) is 0 Å². The lowest BCUT2D eigenvalue weighted by molar-refractivity contribution is -0.141. The molecule has 0 bridgehead atoms. The van der Waals surface area contributed by atoms with Crippen LogP contribution in [0, 0.1) is 5.41 Å². The Kier molecular flexibility index (Phi) is 10.1. The van der Waals surface area contributed by atoms with Crippen LogP contribution in [0.15, 0.2) is 23.1 Å². The van der Waals surface area contributed by atoms with Crippen LogP contribution in [0.25, 0.3) is 22.2 Å². The number of benzene rings is 1. The molecule has 2 aromatic heterocycles. The molecule has 0 saturated carbocycles. The van der Waals surface area contributed by atoms with Crippen LogP contribution < -0.4 is 15.6 Å². The molecular formula is C30H42Cl2N4O5S. The van der Waals surface area contributed by atoms with Gasteiger partial charge in [-0.1, -0.05) is 32.4 Å². The molecule has 42 heavy (non-hydrogen) atoms. The minimum Gasteiger partial charge on any atom is -0.490 e. The van der Waals surface area contributed by atoms with E-state index in [1.807, 2.05) is 13.8 Å². The van der Waals surface area contributed by atoms with Crippen molar-refractivity contribution in [2.75, 3.05) is 38.2 Å². The van der Waals surface area contributed by atoms with E-state index in [4.69, 9.17) is 32.7 Å². The van der Waals surface area contributed by atoms with Gasteiger partial charge in [0.15, 0.2) is 5.75 Å². The highest BCUT2D eigenvalue weighted by atomic mass is 35.5. The van der Waals surface area contributed by atoms with Crippen molar-refractivity contribution in [1.82, 2.24) is 19.4 Å². The number of rotatable bonds is 10. The van der Waals surface area contributed by atoms with Gasteiger partial charge in [-0.25, -0.2) is 15.0 Å². The van der Waals surface area contributed by atoms with E-state index in [2.05, 4.69) is 49.8 Å². The summed E-state index contributed by atoms with van der Waals surface area (Å²) in [4.78, 5) is 43.8. The summed E-state index contributed by atoms with van der Waals surface area (Å²) in [5, 5.41) is 3.57. The zero-order valence-corrected chi connectivity index (χ0v) is 28.4. The Bertz CT molecular complexity index is 1570. The summed E-state index contributed by atoms with van der Waals surface area (Å²) in [6, 6.07) is 3.32. The molecule has 0 aliphatic carbocycles. The van der Waals surface area contributed by atoms with Crippen molar-refractivity contribution in [3.63, 3.8) is 0 Å². The molecular weight excluding hydrogens is 599 g/mol. The zero-order chi connectivity index (χ0) is 31.8. The van der Waals surface area contributed by atoms with E-state index in [9.17, 15) is 14.4 Å². The van der Waals surface area contributed by atoms with Crippen molar-refractivity contribution in [1.29, 1.82) is 0 Å². The van der Waals surface area contributed by atoms with E-state index < -0.39 is 27.1 Å². The van der Waals surface area contributed by atoms with Crippen LogP contribution in [0.5, 0.6) is 5.75 Å². The largest absolute Gasteiger partial charge is 0.490 e. The smallest absolute Gasteiger partial charge is 0.325 e. The van der Waals surface area contributed by atoms with Gasteiger partial charge in [-0.2, -0.15) is 0 Å². The molecule has 0 radical (unpaired) electrons. The fraction of sp³-hybridized carbons (Fsp3) is 0.533. The Hall–Kier alpha value is -2.69. The lowest BCUT2D eigenvalue weighted by Gasteiger charge is -2.33. The van der Waals surface area contributed by atoms with Gasteiger partial charge < -0.3 is 19.4 Å². The highest BCUT2D eigenvalue weighted by Gasteiger charge is 2.30. The molecule has 3 rings (SSSR count). The zero-order valence-electron chi connectivity index (χ0n) is 26.1. The second kappa shape index (κ2) is 12.5. The van der Waals surface area contributed by atoms with Crippen molar-refractivity contribution in [3.05, 3.63) is 44.6 Å². The third-order valence-corrected chi connectivity index (χ3v) is 8.55. The summed E-state index contributed by atoms with van der Waals surface area (Å²) in [6.45, 7) is 10.5. The first-order valence-electron chi connectivity index (χ1n) is 13.5. The predicted octanol–water partition coefficient (Wildman–Crippen LogP) is 5.90. The predicted molar refractivity (Wildman–Crippen MR) is 174 cm³/mol.